The van der Waals surface area contributed by atoms with Crippen molar-refractivity contribution in [2.24, 2.45) is 0 Å². The van der Waals surface area contributed by atoms with Crippen LogP contribution in [0.1, 0.15) is 12.5 Å². The van der Waals surface area contributed by atoms with E-state index in [4.69, 9.17) is 0 Å². The van der Waals surface area contributed by atoms with Crippen molar-refractivity contribution in [2.75, 3.05) is 30.8 Å². The van der Waals surface area contributed by atoms with Crippen LogP contribution in [-0.2, 0) is 6.54 Å². The van der Waals surface area contributed by atoms with Crippen molar-refractivity contribution in [2.45, 2.75) is 24.4 Å². The molecule has 0 unspecified atom stereocenters. The smallest absolute Gasteiger partial charge is 0.0507 e. The van der Waals surface area contributed by atoms with Crippen LogP contribution in [0.5, 0.6) is 0 Å². The molecule has 0 N–H and O–H groups in total. The summed E-state index contributed by atoms with van der Waals surface area (Å²) in [6, 6.07) is 20.1. The molecule has 3 heteroatoms. The predicted octanol–water partition coefficient (Wildman–Crippen LogP) is 4.12. The van der Waals surface area contributed by atoms with E-state index < -0.39 is 0 Å². The third-order valence-electron chi connectivity index (χ3n) is 4.36. The Balaban J connectivity index is 1.67. The number of nitrogens with zero attached hydrogens (tertiary/aromatic N) is 2. The van der Waals surface area contributed by atoms with E-state index in [1.54, 1.807) is 0 Å². The summed E-state index contributed by atoms with van der Waals surface area (Å²) in [6.07, 6.45) is 2.16. The highest BCUT2D eigenvalue weighted by Crippen LogP contribution is 2.31. The minimum atomic E-state index is 0.547. The van der Waals surface area contributed by atoms with Crippen molar-refractivity contribution in [3.8, 4) is 0 Å². The molecule has 0 bridgehead atoms. The standard InChI is InChI=1S/C19H24N2S/c1-16-14-20(15-17-8-4-3-5-9-17)12-13-21(16)18-10-6-7-11-19(18)22-2/h3-11,16H,12-15H2,1-2H3/t16-/m1/s1. The predicted molar refractivity (Wildman–Crippen MR) is 96.8 cm³/mol. The Morgan fingerprint density at radius 1 is 1.00 bits per heavy atom. The molecule has 0 amide bonds. The molecule has 2 nitrogen and oxygen atoms in total. The molecule has 2 aromatic carbocycles. The fourth-order valence-corrected chi connectivity index (χ4v) is 3.85. The summed E-state index contributed by atoms with van der Waals surface area (Å²) < 4.78 is 0. The van der Waals surface area contributed by atoms with Gasteiger partial charge in [0, 0.05) is 37.1 Å². The first-order valence-electron chi connectivity index (χ1n) is 7.94. The Bertz CT molecular complexity index is 599. The normalized spacial score (nSPS) is 19.4. The van der Waals surface area contributed by atoms with E-state index in [0.29, 0.717) is 6.04 Å². The highest BCUT2D eigenvalue weighted by Gasteiger charge is 2.25. The Morgan fingerprint density at radius 2 is 1.73 bits per heavy atom. The van der Waals surface area contributed by atoms with Gasteiger partial charge in [-0.2, -0.15) is 0 Å². The zero-order chi connectivity index (χ0) is 15.4. The number of anilines is 1. The van der Waals surface area contributed by atoms with E-state index in [1.807, 2.05) is 11.8 Å². The van der Waals surface area contributed by atoms with Crippen molar-refractivity contribution in [1.82, 2.24) is 4.90 Å². The molecule has 116 valence electrons. The van der Waals surface area contributed by atoms with Gasteiger partial charge in [0.2, 0.25) is 0 Å². The maximum atomic E-state index is 2.57. The second kappa shape index (κ2) is 7.21. The molecule has 0 aromatic heterocycles. The van der Waals surface area contributed by atoms with Gasteiger partial charge >= 0.3 is 0 Å². The van der Waals surface area contributed by atoms with E-state index in [0.717, 1.165) is 26.2 Å². The van der Waals surface area contributed by atoms with Gasteiger partial charge in [-0.1, -0.05) is 42.5 Å². The highest BCUT2D eigenvalue weighted by atomic mass is 32.2. The number of benzene rings is 2. The van der Waals surface area contributed by atoms with Crippen LogP contribution in [0.3, 0.4) is 0 Å². The molecule has 1 saturated heterocycles. The second-order valence-electron chi connectivity index (χ2n) is 5.93. The van der Waals surface area contributed by atoms with E-state index in [2.05, 4.69) is 77.6 Å². The van der Waals surface area contributed by atoms with Crippen LogP contribution in [0.4, 0.5) is 5.69 Å². The van der Waals surface area contributed by atoms with Gasteiger partial charge in [0.05, 0.1) is 5.69 Å². The van der Waals surface area contributed by atoms with Gasteiger partial charge in [-0.15, -0.1) is 11.8 Å². The summed E-state index contributed by atoms with van der Waals surface area (Å²) in [5, 5.41) is 0. The van der Waals surface area contributed by atoms with Crippen molar-refractivity contribution in [3.63, 3.8) is 0 Å². The van der Waals surface area contributed by atoms with E-state index in [1.165, 1.54) is 16.1 Å². The van der Waals surface area contributed by atoms with Crippen LogP contribution < -0.4 is 4.90 Å². The SMILES string of the molecule is CSc1ccccc1N1CCN(Cc2ccccc2)C[C@H]1C. The van der Waals surface area contributed by atoms with Crippen molar-refractivity contribution >= 4 is 17.4 Å². The molecular formula is C19H24N2S. The zero-order valence-electron chi connectivity index (χ0n) is 13.4. The molecule has 22 heavy (non-hydrogen) atoms. The maximum absolute atomic E-state index is 2.57. The lowest BCUT2D eigenvalue weighted by Crippen LogP contribution is -2.51. The highest BCUT2D eigenvalue weighted by molar-refractivity contribution is 7.98. The topological polar surface area (TPSA) is 6.48 Å². The summed E-state index contributed by atoms with van der Waals surface area (Å²) in [5.41, 5.74) is 2.80. The van der Waals surface area contributed by atoms with Crippen LogP contribution in [0, 0.1) is 0 Å². The maximum Gasteiger partial charge on any atom is 0.0507 e. The van der Waals surface area contributed by atoms with Gasteiger partial charge in [0.15, 0.2) is 0 Å². The Hall–Kier alpha value is -1.45. The first kappa shape index (κ1) is 15.4. The Kier molecular flexibility index (Phi) is 5.06. The zero-order valence-corrected chi connectivity index (χ0v) is 14.2. The summed E-state index contributed by atoms with van der Waals surface area (Å²) in [4.78, 5) is 6.51. The van der Waals surface area contributed by atoms with Gasteiger partial charge in [-0.3, -0.25) is 4.90 Å². The third kappa shape index (κ3) is 3.47. The van der Waals surface area contributed by atoms with Crippen LogP contribution in [0.15, 0.2) is 59.5 Å². The first-order valence-corrected chi connectivity index (χ1v) is 9.16. The molecule has 0 saturated carbocycles. The second-order valence-corrected chi connectivity index (χ2v) is 6.78. The molecule has 1 aliphatic heterocycles. The van der Waals surface area contributed by atoms with Crippen LogP contribution in [-0.4, -0.2) is 36.8 Å². The summed E-state index contributed by atoms with van der Waals surface area (Å²) >= 11 is 1.84. The van der Waals surface area contributed by atoms with E-state index in [-0.39, 0.29) is 0 Å². The number of piperazine rings is 1. The number of hydrogen-bond acceptors (Lipinski definition) is 3. The summed E-state index contributed by atoms with van der Waals surface area (Å²) in [7, 11) is 0. The molecule has 1 heterocycles. The number of hydrogen-bond donors (Lipinski definition) is 0. The largest absolute Gasteiger partial charge is 0.365 e. The van der Waals surface area contributed by atoms with Crippen molar-refractivity contribution < 1.29 is 0 Å². The fraction of sp³-hybridized carbons (Fsp3) is 0.368. The average Bonchev–Trinajstić information content (AvgIpc) is 2.56. The van der Waals surface area contributed by atoms with Gasteiger partial charge in [0.25, 0.3) is 0 Å². The monoisotopic (exact) mass is 312 g/mol. The van der Waals surface area contributed by atoms with Gasteiger partial charge in [-0.25, -0.2) is 0 Å². The number of thioether (sulfide) groups is 1. The fourth-order valence-electron chi connectivity index (χ4n) is 3.24. The minimum absolute atomic E-state index is 0.547. The van der Waals surface area contributed by atoms with Crippen LogP contribution in [0.25, 0.3) is 0 Å². The third-order valence-corrected chi connectivity index (χ3v) is 5.14. The Morgan fingerprint density at radius 3 is 2.45 bits per heavy atom. The molecule has 0 aliphatic carbocycles. The van der Waals surface area contributed by atoms with Crippen molar-refractivity contribution in [1.29, 1.82) is 0 Å². The molecule has 0 radical (unpaired) electrons. The summed E-state index contributed by atoms with van der Waals surface area (Å²) in [5.74, 6) is 0. The molecule has 3 rings (SSSR count). The quantitative estimate of drug-likeness (QED) is 0.784. The van der Waals surface area contributed by atoms with Crippen molar-refractivity contribution in [3.05, 3.63) is 60.2 Å². The average molecular weight is 312 g/mol. The molecule has 1 fully saturated rings. The van der Waals surface area contributed by atoms with Gasteiger partial charge < -0.3 is 4.90 Å². The molecule has 0 spiro atoms. The number of para-hydroxylation sites is 1. The Labute approximate surface area is 138 Å². The van der Waals surface area contributed by atoms with Gasteiger partial charge in [-0.05, 0) is 30.9 Å². The van der Waals surface area contributed by atoms with E-state index >= 15 is 0 Å². The minimum Gasteiger partial charge on any atom is -0.365 e. The lowest BCUT2D eigenvalue weighted by molar-refractivity contribution is 0.220. The number of rotatable bonds is 4. The molecule has 2 aromatic rings. The molecular weight excluding hydrogens is 288 g/mol. The van der Waals surface area contributed by atoms with E-state index in [9.17, 15) is 0 Å². The summed E-state index contributed by atoms with van der Waals surface area (Å²) in [6.45, 7) is 6.75. The van der Waals surface area contributed by atoms with Gasteiger partial charge in [0.1, 0.15) is 0 Å². The van der Waals surface area contributed by atoms with Crippen LogP contribution in [0.2, 0.25) is 0 Å². The lowest BCUT2D eigenvalue weighted by atomic mass is 10.1. The first-order chi connectivity index (χ1) is 10.8. The van der Waals surface area contributed by atoms with Crippen LogP contribution >= 0.6 is 11.8 Å². The molecule has 1 atom stereocenters. The molecule has 1 aliphatic rings. The lowest BCUT2D eigenvalue weighted by Gasteiger charge is -2.42.